The van der Waals surface area contributed by atoms with Gasteiger partial charge in [-0.05, 0) is 198 Å². The van der Waals surface area contributed by atoms with Gasteiger partial charge in [-0.15, -0.1) is 0 Å². The van der Waals surface area contributed by atoms with Crippen LogP contribution in [0.4, 0.5) is 5.69 Å². The van der Waals surface area contributed by atoms with E-state index in [1.807, 2.05) is 26.0 Å². The third-order valence-electron chi connectivity index (χ3n) is 15.3. The van der Waals surface area contributed by atoms with Crippen molar-refractivity contribution in [2.45, 2.75) is 170 Å². The number of anilines is 1. The van der Waals surface area contributed by atoms with Crippen molar-refractivity contribution in [2.75, 3.05) is 4.90 Å². The molecule has 2 N–H and O–H groups in total. The smallest absolute Gasteiger partial charge is 0.266 e. The molecule has 362 valence electrons. The summed E-state index contributed by atoms with van der Waals surface area (Å²) < 4.78 is 0. The van der Waals surface area contributed by atoms with Crippen LogP contribution in [0.25, 0.3) is 43.8 Å². The number of hydrogen-bond donors (Lipinski definition) is 2. The van der Waals surface area contributed by atoms with E-state index in [2.05, 4.69) is 114 Å². The van der Waals surface area contributed by atoms with Gasteiger partial charge in [-0.1, -0.05) is 82.2 Å². The Bertz CT molecular complexity index is 3180. The summed E-state index contributed by atoms with van der Waals surface area (Å²) in [6.07, 6.45) is 3.07. The van der Waals surface area contributed by atoms with Gasteiger partial charge >= 0.3 is 0 Å². The molecule has 0 unspecified atom stereocenters. The number of imide groups is 2. The average molecular weight is 931 g/mol. The zero-order chi connectivity index (χ0) is 50.5. The number of nitrogens with zero attached hydrogens (tertiary/aromatic N) is 4. The summed E-state index contributed by atoms with van der Waals surface area (Å²) in [6, 6.07) is 23.2. The van der Waals surface area contributed by atoms with Crippen molar-refractivity contribution >= 4 is 62.0 Å². The summed E-state index contributed by atoms with van der Waals surface area (Å²) in [4.78, 5) is 59.7. The second kappa shape index (κ2) is 15.7. The van der Waals surface area contributed by atoms with E-state index in [0.29, 0.717) is 60.0 Å². The monoisotopic (exact) mass is 931 g/mol. The first-order valence-electron chi connectivity index (χ1n) is 24.6. The molecule has 2 saturated heterocycles. The van der Waals surface area contributed by atoms with Crippen molar-refractivity contribution in [3.63, 3.8) is 0 Å². The average Bonchev–Trinajstić information content (AvgIpc) is 3.65. The summed E-state index contributed by atoms with van der Waals surface area (Å²) in [5.74, 6) is -1.25. The van der Waals surface area contributed by atoms with Gasteiger partial charge in [0.25, 0.3) is 23.6 Å². The topological polar surface area (TPSA) is 122 Å². The fourth-order valence-corrected chi connectivity index (χ4v) is 13.0. The maximum absolute atomic E-state index is 14.8. The van der Waals surface area contributed by atoms with Crippen LogP contribution in [0.2, 0.25) is 0 Å². The fraction of sp³-hybridized carbons (Fsp3) is 0.458. The highest BCUT2D eigenvalue weighted by atomic mass is 16.5. The van der Waals surface area contributed by atoms with Gasteiger partial charge in [0.05, 0.1) is 27.9 Å². The van der Waals surface area contributed by atoms with Gasteiger partial charge in [0.2, 0.25) is 0 Å². The molecular formula is C59H70N4O6. The molecule has 5 aromatic rings. The molecule has 4 aliphatic rings. The number of rotatable bonds is 5. The van der Waals surface area contributed by atoms with E-state index in [-0.39, 0.29) is 34.3 Å². The molecule has 0 spiro atoms. The van der Waals surface area contributed by atoms with E-state index in [0.717, 1.165) is 32.0 Å². The molecule has 0 radical (unpaired) electrons. The highest BCUT2D eigenvalue weighted by molar-refractivity contribution is 6.35. The van der Waals surface area contributed by atoms with Crippen molar-refractivity contribution < 1.29 is 29.6 Å². The molecule has 10 heteroatoms. The molecule has 0 saturated carbocycles. The number of fused-ring (bicyclic) bond motifs is 4. The number of piperidine rings is 2. The van der Waals surface area contributed by atoms with Gasteiger partial charge in [0, 0.05) is 27.7 Å². The van der Waals surface area contributed by atoms with E-state index < -0.39 is 39.5 Å². The predicted molar refractivity (Wildman–Crippen MR) is 275 cm³/mol. The molecule has 4 aliphatic heterocycles. The molecule has 0 aromatic heterocycles. The van der Waals surface area contributed by atoms with Gasteiger partial charge in [-0.25, -0.2) is 4.90 Å². The van der Waals surface area contributed by atoms with Crippen LogP contribution in [0.3, 0.4) is 0 Å². The van der Waals surface area contributed by atoms with Gasteiger partial charge < -0.3 is 10.4 Å². The number of carbonyl (C=O) groups is 4. The minimum Gasteiger partial charge on any atom is -0.313 e. The Kier molecular flexibility index (Phi) is 11.1. The first-order chi connectivity index (χ1) is 31.8. The number of hydrogen-bond acceptors (Lipinski definition) is 8. The normalized spacial score (nSPS) is 20.6. The Morgan fingerprint density at radius 2 is 0.913 bits per heavy atom. The molecule has 10 nitrogen and oxygen atoms in total. The SMILES string of the molecule is CC(C)c1ccc2c(=C3CC(C)(C)N(O)C(C)(C)C3)c3cc(N4C(=O)c5ccc(-c6ccc7c(c6)C(=O)N(C(C)(C)CC(C)(C)C)C7=O)cc5C4=O)ccc3c(=C3CC(C)(C)N(O)C(C)(C)C3)c2c1. The lowest BCUT2D eigenvalue weighted by atomic mass is 9.75. The van der Waals surface area contributed by atoms with Gasteiger partial charge in [0.15, 0.2) is 0 Å². The Morgan fingerprint density at radius 3 is 1.38 bits per heavy atom. The van der Waals surface area contributed by atoms with Gasteiger partial charge in [0.1, 0.15) is 0 Å². The lowest BCUT2D eigenvalue weighted by Gasteiger charge is -2.50. The van der Waals surface area contributed by atoms with Gasteiger partial charge in [-0.2, -0.15) is 10.1 Å². The molecule has 0 bridgehead atoms. The molecular weight excluding hydrogens is 861 g/mol. The Hall–Kier alpha value is -5.52. The van der Waals surface area contributed by atoms with E-state index >= 15 is 0 Å². The van der Waals surface area contributed by atoms with E-state index in [1.165, 1.54) is 36.6 Å². The molecule has 0 aliphatic carbocycles. The standard InChI is InChI=1S/C59H70N4O6/c1-33(2)34-16-20-40-44(24-34)48(37-28-55(6,7)62(68)56(8,9)29-37)41-23-19-39(27-45(41)49(40)38-30-57(10,11)63(69)58(12,13)31-38)60-50(64)42-21-17-35(25-46(42)51(60)65)36-18-22-43-47(26-36)53(67)61(52(43)66)59(14,15)32-54(3,4)5/h16-27,33,68-69H,28-32H2,1-15H3. The number of benzene rings is 5. The van der Waals surface area contributed by atoms with E-state index in [4.69, 9.17) is 0 Å². The maximum atomic E-state index is 14.8. The summed E-state index contributed by atoms with van der Waals surface area (Å²) >= 11 is 0. The Labute approximate surface area is 407 Å². The molecule has 9 rings (SSSR count). The molecule has 4 amide bonds. The van der Waals surface area contributed by atoms with Crippen molar-refractivity contribution in [3.05, 3.63) is 111 Å². The van der Waals surface area contributed by atoms with Gasteiger partial charge in [-0.3, -0.25) is 24.1 Å². The number of hydroxylamine groups is 4. The van der Waals surface area contributed by atoms with Crippen LogP contribution in [0, 0.1) is 5.41 Å². The second-order valence-electron chi connectivity index (χ2n) is 25.2. The van der Waals surface area contributed by atoms with E-state index in [9.17, 15) is 29.6 Å². The van der Waals surface area contributed by atoms with Crippen molar-refractivity contribution in [2.24, 2.45) is 5.41 Å². The largest absolute Gasteiger partial charge is 0.313 e. The Morgan fingerprint density at radius 1 is 0.507 bits per heavy atom. The van der Waals surface area contributed by atoms with Crippen LogP contribution < -0.4 is 15.3 Å². The highest BCUT2D eigenvalue weighted by Crippen LogP contribution is 2.44. The first kappa shape index (κ1) is 48.5. The lowest BCUT2D eigenvalue weighted by Crippen LogP contribution is -2.57. The molecule has 5 aromatic carbocycles. The van der Waals surface area contributed by atoms with Crippen LogP contribution >= 0.6 is 0 Å². The summed E-state index contributed by atoms with van der Waals surface area (Å²) in [6.45, 7) is 31.1. The first-order valence-corrected chi connectivity index (χ1v) is 24.6. The fourth-order valence-electron chi connectivity index (χ4n) is 13.0. The molecule has 69 heavy (non-hydrogen) atoms. The van der Waals surface area contributed by atoms with Crippen LogP contribution in [-0.2, 0) is 0 Å². The quantitative estimate of drug-likeness (QED) is 0.132. The number of carbonyl (C=O) groups excluding carboxylic acids is 4. The second-order valence-corrected chi connectivity index (χ2v) is 25.2. The van der Waals surface area contributed by atoms with Crippen molar-refractivity contribution in [1.29, 1.82) is 0 Å². The third-order valence-corrected chi connectivity index (χ3v) is 15.3. The summed E-state index contributed by atoms with van der Waals surface area (Å²) in [5, 5.41) is 32.3. The Balaban J connectivity index is 1.22. The lowest BCUT2D eigenvalue weighted by molar-refractivity contribution is -0.228. The maximum Gasteiger partial charge on any atom is 0.266 e. The summed E-state index contributed by atoms with van der Waals surface area (Å²) in [7, 11) is 0. The molecule has 0 atom stereocenters. The minimum atomic E-state index is -0.710. The van der Waals surface area contributed by atoms with Crippen LogP contribution in [0.5, 0.6) is 0 Å². The van der Waals surface area contributed by atoms with E-state index in [1.54, 1.807) is 36.4 Å². The van der Waals surface area contributed by atoms with Crippen LogP contribution in [-0.4, -0.2) is 76.8 Å². The number of amides is 4. The highest BCUT2D eigenvalue weighted by Gasteiger charge is 2.47. The predicted octanol–water partition coefficient (Wildman–Crippen LogP) is 11.8. The molecule has 4 heterocycles. The van der Waals surface area contributed by atoms with Crippen molar-refractivity contribution in [3.8, 4) is 11.1 Å². The molecule has 2 fully saturated rings. The minimum absolute atomic E-state index is 0.116. The third kappa shape index (κ3) is 7.86. The van der Waals surface area contributed by atoms with Crippen molar-refractivity contribution in [1.82, 2.24) is 15.0 Å². The summed E-state index contributed by atoms with van der Waals surface area (Å²) in [5.41, 5.74) is 3.50. The van der Waals surface area contributed by atoms with Crippen LogP contribution in [0.1, 0.15) is 189 Å². The zero-order valence-corrected chi connectivity index (χ0v) is 43.4. The zero-order valence-electron chi connectivity index (χ0n) is 43.4. The van der Waals surface area contributed by atoms with Crippen LogP contribution in [0.15, 0.2) is 72.8 Å².